The molecule has 0 unspecified atom stereocenters. The molecule has 0 aliphatic heterocycles. The Labute approximate surface area is 89.4 Å². The molecule has 12 heavy (non-hydrogen) atoms. The first kappa shape index (κ1) is 10.1. The zero-order valence-corrected chi connectivity index (χ0v) is 10.9. The Hall–Kier alpha value is -0.0331. The third-order valence-electron chi connectivity index (χ3n) is 1.57. The molecule has 0 bridgehead atoms. The van der Waals surface area contributed by atoms with Crippen LogP contribution in [0.15, 0.2) is 30.3 Å². The average Bonchev–Trinajstić information content (AvgIpc) is 2.03. The van der Waals surface area contributed by atoms with Crippen LogP contribution in [0.3, 0.4) is 0 Å². The normalized spacial score (nSPS) is 11.3. The monoisotopic (exact) mass is 291 g/mol. The molecule has 0 spiro atoms. The molecule has 0 amide bonds. The summed E-state index contributed by atoms with van der Waals surface area (Å²) in [5.41, 5.74) is 1.32. The van der Waals surface area contributed by atoms with E-state index in [9.17, 15) is 0 Å². The maximum Gasteiger partial charge on any atom is 0.159 e. The highest BCUT2D eigenvalue weighted by atomic mass is 127. The first-order valence-electron chi connectivity index (χ1n) is 4.03. The van der Waals surface area contributed by atoms with Gasteiger partial charge in [-0.05, 0) is 12.1 Å². The Bertz CT molecular complexity index is 242. The third-order valence-corrected chi connectivity index (χ3v) is 7.91. The van der Waals surface area contributed by atoms with Gasteiger partial charge in [0.2, 0.25) is 0 Å². The molecule has 1 rings (SSSR count). The van der Waals surface area contributed by atoms with Crippen molar-refractivity contribution in [3.05, 3.63) is 30.3 Å². The van der Waals surface area contributed by atoms with Gasteiger partial charge in [0.25, 0.3) is 0 Å². The van der Waals surface area contributed by atoms with Crippen LogP contribution >= 0.6 is 22.9 Å². The number of halogens is 1. The first-order chi connectivity index (χ1) is 5.52. The second-order valence-corrected chi connectivity index (χ2v) is 10.5. The van der Waals surface area contributed by atoms with Crippen molar-refractivity contribution in [1.29, 1.82) is 0 Å². The topological polar surface area (TPSA) is 3.24 Å². The molecule has 0 saturated heterocycles. The molecule has 3 heteroatoms. The lowest BCUT2D eigenvalue weighted by Gasteiger charge is -2.29. The van der Waals surface area contributed by atoms with E-state index < -0.39 is 8.24 Å². The Morgan fingerprint density at radius 2 is 1.58 bits per heavy atom. The van der Waals surface area contributed by atoms with Crippen molar-refractivity contribution in [2.75, 3.05) is 2.78 Å². The van der Waals surface area contributed by atoms with Crippen molar-refractivity contribution >= 4 is 36.8 Å². The number of benzene rings is 1. The fourth-order valence-electron chi connectivity index (χ4n) is 0.946. The van der Waals surface area contributed by atoms with E-state index in [1.54, 1.807) is 0 Å². The minimum atomic E-state index is -1.18. The van der Waals surface area contributed by atoms with Gasteiger partial charge in [-0.25, -0.2) is 0 Å². The molecule has 0 aromatic heterocycles. The van der Waals surface area contributed by atoms with E-state index in [0.29, 0.717) is 0 Å². The van der Waals surface area contributed by atoms with Crippen LogP contribution in [0, 0.1) is 0 Å². The Kier molecular flexibility index (Phi) is 3.17. The third kappa shape index (κ3) is 2.48. The van der Waals surface area contributed by atoms with E-state index in [1.165, 1.54) is 5.69 Å². The van der Waals surface area contributed by atoms with Crippen molar-refractivity contribution in [3.8, 4) is 0 Å². The molecular weight excluding hydrogens is 277 g/mol. The summed E-state index contributed by atoms with van der Waals surface area (Å²) in [5, 5.41) is 0. The quantitative estimate of drug-likeness (QED) is 0.456. The lowest BCUT2D eigenvalue weighted by atomic mass is 10.3. The molecule has 0 aliphatic rings. The summed E-state index contributed by atoms with van der Waals surface area (Å²) in [6.45, 7) is 7.02. The molecule has 0 aliphatic carbocycles. The maximum atomic E-state index is 2.41. The van der Waals surface area contributed by atoms with Gasteiger partial charge >= 0.3 is 0 Å². The number of anilines is 1. The van der Waals surface area contributed by atoms with Gasteiger partial charge < -0.3 is 2.78 Å². The minimum Gasteiger partial charge on any atom is -0.343 e. The second kappa shape index (κ2) is 3.78. The summed E-state index contributed by atoms with van der Waals surface area (Å²) >= 11 is 2.41. The van der Waals surface area contributed by atoms with Gasteiger partial charge in [0, 0.05) is 28.6 Å². The SMILES string of the molecule is C[Si](C)(C)N(I)c1ccccc1. The first-order valence-corrected chi connectivity index (χ1v) is 8.44. The van der Waals surface area contributed by atoms with E-state index in [-0.39, 0.29) is 0 Å². The van der Waals surface area contributed by atoms with Gasteiger partial charge in [-0.15, -0.1) is 0 Å². The summed E-state index contributed by atoms with van der Waals surface area (Å²) < 4.78 is 2.38. The molecule has 0 atom stereocenters. The molecule has 0 heterocycles. The second-order valence-electron chi connectivity index (χ2n) is 3.79. The van der Waals surface area contributed by atoms with E-state index >= 15 is 0 Å². The number of rotatable bonds is 2. The highest BCUT2D eigenvalue weighted by Gasteiger charge is 2.21. The van der Waals surface area contributed by atoms with Gasteiger partial charge in [0.05, 0.1) is 0 Å². The van der Waals surface area contributed by atoms with Gasteiger partial charge in [0.1, 0.15) is 0 Å². The van der Waals surface area contributed by atoms with Crippen molar-refractivity contribution in [2.45, 2.75) is 19.6 Å². The Morgan fingerprint density at radius 3 is 2.00 bits per heavy atom. The van der Waals surface area contributed by atoms with Crippen LogP contribution in [-0.4, -0.2) is 8.24 Å². The zero-order valence-electron chi connectivity index (χ0n) is 7.71. The van der Waals surface area contributed by atoms with Crippen molar-refractivity contribution in [1.82, 2.24) is 0 Å². The highest BCUT2D eigenvalue weighted by molar-refractivity contribution is 14.1. The lowest BCUT2D eigenvalue weighted by molar-refractivity contribution is 1.50. The molecule has 1 aromatic carbocycles. The predicted molar refractivity (Wildman–Crippen MR) is 66.3 cm³/mol. The molecule has 66 valence electrons. The number of para-hydroxylation sites is 1. The van der Waals surface area contributed by atoms with Crippen LogP contribution in [0.2, 0.25) is 19.6 Å². The van der Waals surface area contributed by atoms with Crippen molar-refractivity contribution in [2.24, 2.45) is 0 Å². The molecule has 0 fully saturated rings. The van der Waals surface area contributed by atoms with Gasteiger partial charge in [-0.2, -0.15) is 0 Å². The van der Waals surface area contributed by atoms with Crippen molar-refractivity contribution in [3.63, 3.8) is 0 Å². The zero-order chi connectivity index (χ0) is 9.19. The van der Waals surface area contributed by atoms with Crippen LogP contribution < -0.4 is 2.78 Å². The molecular formula is C9H14INSi. The van der Waals surface area contributed by atoms with Gasteiger partial charge in [-0.1, -0.05) is 37.8 Å². The van der Waals surface area contributed by atoms with E-state index in [2.05, 4.69) is 75.6 Å². The smallest absolute Gasteiger partial charge is 0.159 e. The molecule has 0 N–H and O–H groups in total. The fraction of sp³-hybridized carbons (Fsp3) is 0.333. The number of hydrogen-bond donors (Lipinski definition) is 0. The summed E-state index contributed by atoms with van der Waals surface area (Å²) in [6.07, 6.45) is 0. The summed E-state index contributed by atoms with van der Waals surface area (Å²) in [5.74, 6) is 0. The standard InChI is InChI=1S/C9H14INSi/c1-12(2,3)11(10)9-7-5-4-6-8-9/h4-8H,1-3H3. The largest absolute Gasteiger partial charge is 0.343 e. The van der Waals surface area contributed by atoms with Gasteiger partial charge in [-0.3, -0.25) is 0 Å². The molecule has 0 radical (unpaired) electrons. The van der Waals surface area contributed by atoms with E-state index in [1.807, 2.05) is 0 Å². The lowest BCUT2D eigenvalue weighted by Crippen LogP contribution is -2.38. The van der Waals surface area contributed by atoms with Crippen molar-refractivity contribution < 1.29 is 0 Å². The molecule has 1 nitrogen and oxygen atoms in total. The Morgan fingerprint density at radius 1 is 1.08 bits per heavy atom. The van der Waals surface area contributed by atoms with Crippen LogP contribution in [0.4, 0.5) is 5.69 Å². The molecule has 1 aromatic rings. The van der Waals surface area contributed by atoms with Crippen LogP contribution in [0.1, 0.15) is 0 Å². The van der Waals surface area contributed by atoms with Crippen LogP contribution in [0.25, 0.3) is 0 Å². The van der Waals surface area contributed by atoms with Gasteiger partial charge in [0.15, 0.2) is 8.24 Å². The predicted octanol–water partition coefficient (Wildman–Crippen LogP) is 3.68. The number of nitrogens with zero attached hydrogens (tertiary/aromatic N) is 1. The number of hydrogen-bond acceptors (Lipinski definition) is 1. The summed E-state index contributed by atoms with van der Waals surface area (Å²) in [4.78, 5) is 0. The van der Waals surface area contributed by atoms with Crippen LogP contribution in [-0.2, 0) is 0 Å². The van der Waals surface area contributed by atoms with E-state index in [4.69, 9.17) is 0 Å². The Balaban J connectivity index is 2.86. The molecule has 0 saturated carbocycles. The van der Waals surface area contributed by atoms with Crippen LogP contribution in [0.5, 0.6) is 0 Å². The fourth-order valence-corrected chi connectivity index (χ4v) is 2.19. The summed E-state index contributed by atoms with van der Waals surface area (Å²) in [7, 11) is -1.18. The van der Waals surface area contributed by atoms with E-state index in [0.717, 1.165) is 0 Å². The minimum absolute atomic E-state index is 1.18. The maximum absolute atomic E-state index is 2.41. The highest BCUT2D eigenvalue weighted by Crippen LogP contribution is 2.24. The summed E-state index contributed by atoms with van der Waals surface area (Å²) in [6, 6.07) is 10.5. The average molecular weight is 291 g/mol.